The van der Waals surface area contributed by atoms with E-state index < -0.39 is 17.9 Å². The molecule has 0 fully saturated rings. The van der Waals surface area contributed by atoms with Gasteiger partial charge in [-0.1, -0.05) is 77.0 Å². The zero-order chi connectivity index (χ0) is 65.2. The van der Waals surface area contributed by atoms with Crippen molar-refractivity contribution in [2.45, 2.75) is 136 Å². The molecule has 0 heterocycles. The van der Waals surface area contributed by atoms with E-state index in [2.05, 4.69) is 15.0 Å². The Morgan fingerprint density at radius 1 is 0.269 bits per heavy atom. The summed E-state index contributed by atoms with van der Waals surface area (Å²) < 4.78 is 51.5. The maximum atomic E-state index is 13.5. The standard InChI is InChI=1S/C78H93N3O12/c1-4-85-70-37-25-61(26-38-70)58-79-67-31-43-73(44-32-67)88-49-19-13-7-10-16-22-52-91-76(82)64-55-65(77(83)92-53-23-17-11-8-14-20-50-89-74-45-33-68(34-46-74)80-59-62-27-39-71(40-28-62)86-5-2)57-66(56-64)78(84)93-54-24-18-12-9-15-21-51-90-75-47-35-69(36-48-75)81-60-63-29-41-72(42-30-63)87-6-3/h25-48,55-60H,4-24,49-54H2,1-3H3. The smallest absolute Gasteiger partial charge is 0.338 e. The molecular formula is C78H93N3O12. The SMILES string of the molecule is CCOc1ccc(C=Nc2ccc(OCCCCCCCCOC(=O)c3cc(C(=O)OCCCCCCCCOc4ccc(N=Cc5ccc(OCC)cc5)cc4)cc(C(=O)OCCCCCCCCOc4ccc(N=Cc5ccc(OCC)cc5)cc4)c3)cc2)cc1. The van der Waals surface area contributed by atoms with Gasteiger partial charge in [-0.25, -0.2) is 14.4 Å². The van der Waals surface area contributed by atoms with Crippen LogP contribution in [0.4, 0.5) is 17.1 Å². The van der Waals surface area contributed by atoms with Crippen LogP contribution in [0, 0.1) is 0 Å². The monoisotopic (exact) mass is 1260 g/mol. The van der Waals surface area contributed by atoms with Crippen molar-refractivity contribution >= 4 is 53.6 Å². The second kappa shape index (κ2) is 42.7. The number of carbonyl (C=O) groups is 3. The van der Waals surface area contributed by atoms with Gasteiger partial charge in [0.05, 0.1) is 93.2 Å². The van der Waals surface area contributed by atoms with Crippen LogP contribution in [-0.2, 0) is 14.2 Å². The predicted molar refractivity (Wildman–Crippen MR) is 371 cm³/mol. The van der Waals surface area contributed by atoms with Crippen LogP contribution in [0.3, 0.4) is 0 Å². The van der Waals surface area contributed by atoms with Gasteiger partial charge in [0.2, 0.25) is 0 Å². The first-order valence-electron chi connectivity index (χ1n) is 33.4. The van der Waals surface area contributed by atoms with Crippen molar-refractivity contribution in [2.24, 2.45) is 15.0 Å². The van der Waals surface area contributed by atoms with E-state index in [1.54, 1.807) is 0 Å². The molecule has 7 rings (SSSR count). The Morgan fingerprint density at radius 2 is 0.473 bits per heavy atom. The average Bonchev–Trinajstić information content (AvgIpc) is 1.27. The van der Waals surface area contributed by atoms with Crippen molar-refractivity contribution < 1.29 is 57.0 Å². The minimum Gasteiger partial charge on any atom is -0.494 e. The number of hydrogen-bond acceptors (Lipinski definition) is 15. The Balaban J connectivity index is 0.769. The Bertz CT molecular complexity index is 2960. The van der Waals surface area contributed by atoms with Gasteiger partial charge in [0.1, 0.15) is 34.5 Å². The number of esters is 3. The molecule has 0 spiro atoms. The number of aliphatic imine (C=N–C) groups is 3. The molecule has 7 aromatic rings. The highest BCUT2D eigenvalue weighted by molar-refractivity contribution is 6.00. The van der Waals surface area contributed by atoms with Gasteiger partial charge in [-0.05, 0) is 240 Å². The Labute approximate surface area is 550 Å². The van der Waals surface area contributed by atoms with E-state index in [-0.39, 0.29) is 36.5 Å². The van der Waals surface area contributed by atoms with E-state index in [0.29, 0.717) is 58.9 Å². The number of unbranched alkanes of at least 4 members (excludes halogenated alkanes) is 15. The van der Waals surface area contributed by atoms with Crippen LogP contribution < -0.4 is 28.4 Å². The lowest BCUT2D eigenvalue weighted by molar-refractivity contribution is 0.0494. The van der Waals surface area contributed by atoms with Crippen LogP contribution in [0.15, 0.2) is 179 Å². The molecule has 15 heteroatoms. The fourth-order valence-electron chi connectivity index (χ4n) is 9.81. The van der Waals surface area contributed by atoms with Crippen LogP contribution >= 0.6 is 0 Å². The molecule has 0 saturated carbocycles. The third-order valence-corrected chi connectivity index (χ3v) is 14.9. The minimum atomic E-state index is -0.613. The van der Waals surface area contributed by atoms with Crippen LogP contribution in [0.25, 0.3) is 0 Å². The molecule has 0 aliphatic rings. The average molecular weight is 1260 g/mol. The van der Waals surface area contributed by atoms with Gasteiger partial charge < -0.3 is 42.6 Å². The molecule has 15 nitrogen and oxygen atoms in total. The summed E-state index contributed by atoms with van der Waals surface area (Å²) in [4.78, 5) is 54.1. The van der Waals surface area contributed by atoms with Gasteiger partial charge in [-0.15, -0.1) is 0 Å². The van der Waals surface area contributed by atoms with Gasteiger partial charge >= 0.3 is 17.9 Å². The molecule has 7 aromatic carbocycles. The summed E-state index contributed by atoms with van der Waals surface area (Å²) in [5, 5.41) is 0. The topological polar surface area (TPSA) is 171 Å². The molecule has 93 heavy (non-hydrogen) atoms. The van der Waals surface area contributed by atoms with Crippen LogP contribution in [0.1, 0.15) is 184 Å². The van der Waals surface area contributed by atoms with Gasteiger partial charge in [0.25, 0.3) is 0 Å². The van der Waals surface area contributed by atoms with Gasteiger partial charge in [0.15, 0.2) is 0 Å². The number of ether oxygens (including phenoxy) is 9. The highest BCUT2D eigenvalue weighted by Gasteiger charge is 2.19. The molecule has 0 aliphatic carbocycles. The maximum absolute atomic E-state index is 13.5. The molecular weight excluding hydrogens is 1170 g/mol. The van der Waals surface area contributed by atoms with Crippen LogP contribution in [0.2, 0.25) is 0 Å². The lowest BCUT2D eigenvalue weighted by Gasteiger charge is -2.11. The van der Waals surface area contributed by atoms with E-state index in [1.165, 1.54) is 18.2 Å². The number of rotatable bonds is 45. The molecule has 0 bridgehead atoms. The molecule has 492 valence electrons. The van der Waals surface area contributed by atoms with Crippen LogP contribution in [-0.4, -0.2) is 96.0 Å². The molecule has 0 N–H and O–H groups in total. The second-order valence-corrected chi connectivity index (χ2v) is 22.4. The maximum Gasteiger partial charge on any atom is 0.338 e. The largest absolute Gasteiger partial charge is 0.494 e. The van der Waals surface area contributed by atoms with E-state index >= 15 is 0 Å². The molecule has 0 unspecified atom stereocenters. The molecule has 0 saturated heterocycles. The van der Waals surface area contributed by atoms with Crippen molar-refractivity contribution in [3.63, 3.8) is 0 Å². The van der Waals surface area contributed by atoms with Crippen molar-refractivity contribution in [3.8, 4) is 34.5 Å². The van der Waals surface area contributed by atoms with Crippen LogP contribution in [0.5, 0.6) is 34.5 Å². The molecule has 0 aromatic heterocycles. The van der Waals surface area contributed by atoms with Crippen molar-refractivity contribution in [1.82, 2.24) is 0 Å². The van der Waals surface area contributed by atoms with Crippen molar-refractivity contribution in [2.75, 3.05) is 59.5 Å². The van der Waals surface area contributed by atoms with E-state index in [1.807, 2.05) is 185 Å². The summed E-state index contributed by atoms with van der Waals surface area (Å²) in [7, 11) is 0. The Morgan fingerprint density at radius 3 is 0.710 bits per heavy atom. The number of hydrogen-bond donors (Lipinski definition) is 0. The van der Waals surface area contributed by atoms with E-state index in [0.717, 1.165) is 165 Å². The molecule has 0 atom stereocenters. The van der Waals surface area contributed by atoms with E-state index in [9.17, 15) is 14.4 Å². The summed E-state index contributed by atoms with van der Waals surface area (Å²) >= 11 is 0. The zero-order valence-electron chi connectivity index (χ0n) is 54.7. The van der Waals surface area contributed by atoms with Gasteiger partial charge in [-0.3, -0.25) is 15.0 Å². The third-order valence-electron chi connectivity index (χ3n) is 14.9. The quantitative estimate of drug-likeness (QED) is 0.0153. The first-order valence-corrected chi connectivity index (χ1v) is 33.4. The fraction of sp³-hybridized carbons (Fsp3) is 0.385. The summed E-state index contributed by atoms with van der Waals surface area (Å²) in [6.07, 6.45) is 22.1. The Kier molecular flexibility index (Phi) is 32.7. The molecule has 0 radical (unpaired) electrons. The van der Waals surface area contributed by atoms with Crippen molar-refractivity contribution in [3.05, 3.63) is 197 Å². The number of benzene rings is 7. The van der Waals surface area contributed by atoms with Gasteiger partial charge in [-0.2, -0.15) is 0 Å². The summed E-state index contributed by atoms with van der Waals surface area (Å²) in [6, 6.07) is 51.1. The summed E-state index contributed by atoms with van der Waals surface area (Å²) in [6.45, 7) is 10.3. The highest BCUT2D eigenvalue weighted by Crippen LogP contribution is 2.24. The molecule has 0 aliphatic heterocycles. The van der Waals surface area contributed by atoms with E-state index in [4.69, 9.17) is 42.6 Å². The lowest BCUT2D eigenvalue weighted by Crippen LogP contribution is -2.14. The summed E-state index contributed by atoms with van der Waals surface area (Å²) in [5.41, 5.74) is 5.82. The molecule has 0 amide bonds. The fourth-order valence-corrected chi connectivity index (χ4v) is 9.81. The number of nitrogens with zero attached hydrogens (tertiary/aromatic N) is 3. The Hall–Kier alpha value is -9.24. The van der Waals surface area contributed by atoms with Gasteiger partial charge in [0, 0.05) is 18.6 Å². The normalized spacial score (nSPS) is 11.3. The second-order valence-electron chi connectivity index (χ2n) is 22.4. The summed E-state index contributed by atoms with van der Waals surface area (Å²) in [5.74, 6) is 3.11. The first-order chi connectivity index (χ1) is 45.7. The number of carbonyl (C=O) groups excluding carboxylic acids is 3. The zero-order valence-corrected chi connectivity index (χ0v) is 54.7. The third kappa shape index (κ3) is 28.4. The predicted octanol–water partition coefficient (Wildman–Crippen LogP) is 18.9. The highest BCUT2D eigenvalue weighted by atomic mass is 16.5. The minimum absolute atomic E-state index is 0.0973. The van der Waals surface area contributed by atoms with Crippen molar-refractivity contribution in [1.29, 1.82) is 0 Å². The lowest BCUT2D eigenvalue weighted by atomic mass is 10.1. The first kappa shape index (κ1) is 71.2.